The molecule has 1 fully saturated rings. The molecular weight excluding hydrogens is 250 g/mol. The lowest BCUT2D eigenvalue weighted by atomic mass is 10.3. The Balaban J connectivity index is 1.68. The number of thiophene rings is 1. The van der Waals surface area contributed by atoms with Gasteiger partial charge in [0, 0.05) is 18.2 Å². The van der Waals surface area contributed by atoms with Crippen LogP contribution in [-0.4, -0.2) is 28.9 Å². The third-order valence-corrected chi connectivity index (χ3v) is 3.61. The fraction of sp³-hybridized carbons (Fsp3) is 0.333. The van der Waals surface area contributed by atoms with Crippen molar-refractivity contribution < 1.29 is 9.53 Å². The van der Waals surface area contributed by atoms with Crippen molar-refractivity contribution in [1.29, 1.82) is 0 Å². The normalized spacial score (nSPS) is 19.0. The Kier molecular flexibility index (Phi) is 3.12. The lowest BCUT2D eigenvalue weighted by Gasteiger charge is -2.06. The molecule has 0 aliphatic carbocycles. The number of carbonyl (C=O) groups is 1. The maximum absolute atomic E-state index is 11.8. The minimum absolute atomic E-state index is 0.0986. The van der Waals surface area contributed by atoms with Crippen LogP contribution in [0.1, 0.15) is 22.8 Å². The summed E-state index contributed by atoms with van der Waals surface area (Å²) in [6.07, 6.45) is 4.49. The van der Waals surface area contributed by atoms with Crippen LogP contribution in [0.2, 0.25) is 0 Å². The van der Waals surface area contributed by atoms with Crippen LogP contribution in [0.5, 0.6) is 0 Å². The summed E-state index contributed by atoms with van der Waals surface area (Å²) in [6.45, 7) is 1.47. The molecule has 3 rings (SSSR count). The lowest BCUT2D eigenvalue weighted by Crippen LogP contribution is -2.11. The monoisotopic (exact) mass is 263 g/mol. The minimum atomic E-state index is -0.0986. The Morgan fingerprint density at radius 2 is 2.56 bits per heavy atom. The highest BCUT2D eigenvalue weighted by Crippen LogP contribution is 2.20. The van der Waals surface area contributed by atoms with Crippen LogP contribution in [0.15, 0.2) is 29.2 Å². The molecule has 18 heavy (non-hydrogen) atoms. The second-order valence-electron chi connectivity index (χ2n) is 4.19. The molecule has 2 aromatic heterocycles. The topological polar surface area (TPSA) is 56.2 Å². The summed E-state index contributed by atoms with van der Waals surface area (Å²) in [5.41, 5.74) is 1.40. The van der Waals surface area contributed by atoms with E-state index in [9.17, 15) is 4.79 Å². The number of aromatic nitrogens is 2. The molecular formula is C12H13N3O2S. The van der Waals surface area contributed by atoms with Crippen molar-refractivity contribution in [2.45, 2.75) is 12.5 Å². The van der Waals surface area contributed by atoms with Gasteiger partial charge in [0.25, 0.3) is 5.91 Å². The highest BCUT2D eigenvalue weighted by Gasteiger charge is 2.18. The van der Waals surface area contributed by atoms with Crippen molar-refractivity contribution in [1.82, 2.24) is 9.78 Å². The number of nitrogens with zero attached hydrogens (tertiary/aromatic N) is 2. The number of rotatable bonds is 3. The summed E-state index contributed by atoms with van der Waals surface area (Å²) in [7, 11) is 0. The summed E-state index contributed by atoms with van der Waals surface area (Å²) >= 11 is 1.51. The third-order valence-electron chi connectivity index (χ3n) is 2.92. The zero-order valence-electron chi connectivity index (χ0n) is 9.70. The minimum Gasteiger partial charge on any atom is -0.379 e. The third kappa shape index (κ3) is 2.30. The Labute approximate surface area is 108 Å². The van der Waals surface area contributed by atoms with Crippen molar-refractivity contribution >= 4 is 22.9 Å². The maximum Gasteiger partial charge on any atom is 0.256 e. The molecule has 5 nitrogen and oxygen atoms in total. The number of ether oxygens (including phenoxy) is 1. The molecule has 1 aliphatic heterocycles. The van der Waals surface area contributed by atoms with Crippen molar-refractivity contribution in [2.24, 2.45) is 0 Å². The molecule has 0 radical (unpaired) electrons. The lowest BCUT2D eigenvalue weighted by molar-refractivity contribution is 0.102. The molecule has 2 aromatic rings. The second kappa shape index (κ2) is 4.91. The average molecular weight is 263 g/mol. The van der Waals surface area contributed by atoms with E-state index in [1.165, 1.54) is 11.3 Å². The first-order valence-corrected chi connectivity index (χ1v) is 6.72. The number of anilines is 1. The molecule has 0 aromatic carbocycles. The van der Waals surface area contributed by atoms with Crippen LogP contribution in [0.4, 0.5) is 5.69 Å². The summed E-state index contributed by atoms with van der Waals surface area (Å²) in [5, 5.41) is 10.8. The van der Waals surface area contributed by atoms with E-state index in [1.807, 2.05) is 21.6 Å². The van der Waals surface area contributed by atoms with Crippen molar-refractivity contribution in [3.63, 3.8) is 0 Å². The van der Waals surface area contributed by atoms with Crippen molar-refractivity contribution in [3.8, 4) is 0 Å². The molecule has 3 heterocycles. The first kappa shape index (κ1) is 11.4. The van der Waals surface area contributed by atoms with E-state index >= 15 is 0 Å². The Hall–Kier alpha value is -1.66. The van der Waals surface area contributed by atoms with Gasteiger partial charge in [-0.15, -0.1) is 0 Å². The van der Waals surface area contributed by atoms with Gasteiger partial charge >= 0.3 is 0 Å². The molecule has 94 valence electrons. The van der Waals surface area contributed by atoms with E-state index in [0.29, 0.717) is 12.2 Å². The predicted octanol–water partition coefficient (Wildman–Crippen LogP) is 2.16. The maximum atomic E-state index is 11.8. The number of hydrogen-bond acceptors (Lipinski definition) is 4. The van der Waals surface area contributed by atoms with Crippen LogP contribution in [-0.2, 0) is 4.74 Å². The van der Waals surface area contributed by atoms with Crippen LogP contribution in [0.3, 0.4) is 0 Å². The van der Waals surface area contributed by atoms with Gasteiger partial charge in [-0.25, -0.2) is 0 Å². The van der Waals surface area contributed by atoms with Gasteiger partial charge in [0.2, 0.25) is 0 Å². The molecule has 1 unspecified atom stereocenters. The quantitative estimate of drug-likeness (QED) is 0.923. The molecule has 0 spiro atoms. The van der Waals surface area contributed by atoms with Gasteiger partial charge < -0.3 is 10.1 Å². The number of hydrogen-bond donors (Lipinski definition) is 1. The van der Waals surface area contributed by atoms with Gasteiger partial charge in [-0.3, -0.25) is 9.48 Å². The van der Waals surface area contributed by atoms with Crippen LogP contribution in [0, 0.1) is 0 Å². The number of nitrogens with one attached hydrogen (secondary N) is 1. The average Bonchev–Trinajstić information content (AvgIpc) is 3.12. The predicted molar refractivity (Wildman–Crippen MR) is 69.0 cm³/mol. The van der Waals surface area contributed by atoms with Gasteiger partial charge in [-0.2, -0.15) is 16.4 Å². The van der Waals surface area contributed by atoms with Gasteiger partial charge in [0.05, 0.1) is 30.1 Å². The Morgan fingerprint density at radius 1 is 1.61 bits per heavy atom. The highest BCUT2D eigenvalue weighted by atomic mass is 32.1. The smallest absolute Gasteiger partial charge is 0.256 e. The Morgan fingerprint density at radius 3 is 3.28 bits per heavy atom. The standard InChI is InChI=1S/C12H13N3O2S/c16-12(9-2-4-18-8-9)14-10-5-13-15(6-10)11-1-3-17-7-11/h2,4-6,8,11H,1,3,7H2,(H,14,16). The van der Waals surface area contributed by atoms with E-state index in [1.54, 1.807) is 12.3 Å². The number of amides is 1. The summed E-state index contributed by atoms with van der Waals surface area (Å²) in [5.74, 6) is -0.0986. The summed E-state index contributed by atoms with van der Waals surface area (Å²) in [4.78, 5) is 11.8. The fourth-order valence-electron chi connectivity index (χ4n) is 1.93. The summed E-state index contributed by atoms with van der Waals surface area (Å²) < 4.78 is 7.17. The van der Waals surface area contributed by atoms with E-state index in [4.69, 9.17) is 4.74 Å². The first-order valence-electron chi connectivity index (χ1n) is 5.78. The van der Waals surface area contributed by atoms with Gasteiger partial charge in [0.1, 0.15) is 0 Å². The zero-order chi connectivity index (χ0) is 12.4. The molecule has 1 N–H and O–H groups in total. The van der Waals surface area contributed by atoms with Crippen molar-refractivity contribution in [2.75, 3.05) is 18.5 Å². The SMILES string of the molecule is O=C(Nc1cnn(C2CCOC2)c1)c1ccsc1. The highest BCUT2D eigenvalue weighted by molar-refractivity contribution is 7.08. The number of carbonyl (C=O) groups excluding carboxylic acids is 1. The van der Waals surface area contributed by atoms with Gasteiger partial charge in [0.15, 0.2) is 0 Å². The zero-order valence-corrected chi connectivity index (χ0v) is 10.5. The van der Waals surface area contributed by atoms with Crippen LogP contribution < -0.4 is 5.32 Å². The molecule has 1 atom stereocenters. The molecule has 0 saturated carbocycles. The van der Waals surface area contributed by atoms with Crippen molar-refractivity contribution in [3.05, 3.63) is 34.8 Å². The molecule has 0 bridgehead atoms. The fourth-order valence-corrected chi connectivity index (χ4v) is 2.57. The van der Waals surface area contributed by atoms with Gasteiger partial charge in [-0.1, -0.05) is 0 Å². The molecule has 1 amide bonds. The van der Waals surface area contributed by atoms with Crippen LogP contribution in [0.25, 0.3) is 0 Å². The Bertz CT molecular complexity index is 529. The largest absolute Gasteiger partial charge is 0.379 e. The molecule has 1 saturated heterocycles. The first-order chi connectivity index (χ1) is 8.83. The van der Waals surface area contributed by atoms with Crippen LogP contribution >= 0.6 is 11.3 Å². The van der Waals surface area contributed by atoms with E-state index in [2.05, 4.69) is 10.4 Å². The molecule has 6 heteroatoms. The van der Waals surface area contributed by atoms with E-state index in [-0.39, 0.29) is 11.9 Å². The molecule has 1 aliphatic rings. The van der Waals surface area contributed by atoms with E-state index < -0.39 is 0 Å². The second-order valence-corrected chi connectivity index (χ2v) is 4.97. The van der Waals surface area contributed by atoms with Gasteiger partial charge in [-0.05, 0) is 17.9 Å². The van der Waals surface area contributed by atoms with E-state index in [0.717, 1.165) is 18.7 Å². The summed E-state index contributed by atoms with van der Waals surface area (Å²) in [6, 6.07) is 2.09.